The Labute approximate surface area is 74.3 Å². The van der Waals surface area contributed by atoms with Gasteiger partial charge >= 0.3 is 5.97 Å². The first kappa shape index (κ1) is 9.56. The van der Waals surface area contributed by atoms with E-state index in [1.54, 1.807) is 0 Å². The van der Waals surface area contributed by atoms with Crippen LogP contribution in [0.3, 0.4) is 0 Å². The average molecular weight is 170 g/mol. The normalized spacial score (nSPS) is 20.3. The van der Waals surface area contributed by atoms with Crippen molar-refractivity contribution in [3.8, 4) is 0 Å². The molecule has 1 atom stereocenters. The molecule has 12 heavy (non-hydrogen) atoms. The van der Waals surface area contributed by atoms with Crippen molar-refractivity contribution in [1.29, 1.82) is 0 Å². The Balaban J connectivity index is 2.36. The lowest BCUT2D eigenvalue weighted by molar-refractivity contribution is -0.160. The number of carbonyl (C=O) groups is 1. The summed E-state index contributed by atoms with van der Waals surface area (Å²) in [5, 5.41) is 0. The molecule has 0 amide bonds. The van der Waals surface area contributed by atoms with Crippen LogP contribution in [0, 0.1) is 11.8 Å². The van der Waals surface area contributed by atoms with E-state index >= 15 is 0 Å². The first-order valence-electron chi connectivity index (χ1n) is 4.63. The highest BCUT2D eigenvalue weighted by Gasteiger charge is 2.35. The molecule has 70 valence electrons. The fourth-order valence-corrected chi connectivity index (χ4v) is 1.18. The molecular weight excluding hydrogens is 152 g/mol. The van der Waals surface area contributed by atoms with Gasteiger partial charge in [0, 0.05) is 0 Å². The summed E-state index contributed by atoms with van der Waals surface area (Å²) in [4.78, 5) is 11.4. The highest BCUT2D eigenvalue weighted by atomic mass is 16.6. The predicted molar refractivity (Wildman–Crippen MR) is 47.7 cm³/mol. The van der Waals surface area contributed by atoms with Gasteiger partial charge in [0.2, 0.25) is 0 Å². The van der Waals surface area contributed by atoms with Crippen molar-refractivity contribution in [2.24, 2.45) is 11.8 Å². The molecule has 0 aromatic carbocycles. The zero-order valence-corrected chi connectivity index (χ0v) is 8.39. The standard InChI is InChI=1S/C10H18O2/c1-7(8-5-6-8)9(11)12-10(2,3)4/h7-8H,5-6H2,1-4H3/t7-/m0/s1. The van der Waals surface area contributed by atoms with Gasteiger partial charge in [0.15, 0.2) is 0 Å². The maximum Gasteiger partial charge on any atom is 0.309 e. The van der Waals surface area contributed by atoms with E-state index < -0.39 is 0 Å². The van der Waals surface area contributed by atoms with Gasteiger partial charge in [-0.3, -0.25) is 4.79 Å². The monoisotopic (exact) mass is 170 g/mol. The van der Waals surface area contributed by atoms with E-state index in [1.165, 1.54) is 12.8 Å². The molecular formula is C10H18O2. The Hall–Kier alpha value is -0.530. The van der Waals surface area contributed by atoms with Crippen LogP contribution in [-0.2, 0) is 9.53 Å². The molecule has 0 N–H and O–H groups in total. The summed E-state index contributed by atoms with van der Waals surface area (Å²) in [6.45, 7) is 7.69. The molecule has 0 saturated heterocycles. The number of hydrogen-bond acceptors (Lipinski definition) is 2. The highest BCUT2D eigenvalue weighted by molar-refractivity contribution is 5.73. The van der Waals surface area contributed by atoms with Crippen LogP contribution in [0.2, 0.25) is 0 Å². The SMILES string of the molecule is C[C@H](C(=O)OC(C)(C)C)C1CC1. The van der Waals surface area contributed by atoms with Crippen LogP contribution >= 0.6 is 0 Å². The van der Waals surface area contributed by atoms with Crippen molar-refractivity contribution in [2.75, 3.05) is 0 Å². The summed E-state index contributed by atoms with van der Waals surface area (Å²) >= 11 is 0. The number of hydrogen-bond donors (Lipinski definition) is 0. The van der Waals surface area contributed by atoms with Crippen molar-refractivity contribution in [1.82, 2.24) is 0 Å². The number of rotatable bonds is 2. The molecule has 1 saturated carbocycles. The van der Waals surface area contributed by atoms with Crippen molar-refractivity contribution in [3.05, 3.63) is 0 Å². The molecule has 2 heteroatoms. The zero-order valence-electron chi connectivity index (χ0n) is 8.39. The molecule has 0 unspecified atom stereocenters. The summed E-state index contributed by atoms with van der Waals surface area (Å²) in [6, 6.07) is 0. The van der Waals surface area contributed by atoms with Gasteiger partial charge in [-0.15, -0.1) is 0 Å². The second-order valence-electron chi connectivity index (χ2n) is 4.66. The molecule has 1 aliphatic carbocycles. The van der Waals surface area contributed by atoms with Crippen molar-refractivity contribution >= 4 is 5.97 Å². The van der Waals surface area contributed by atoms with Crippen molar-refractivity contribution in [2.45, 2.75) is 46.1 Å². The van der Waals surface area contributed by atoms with Gasteiger partial charge in [-0.05, 0) is 39.5 Å². The van der Waals surface area contributed by atoms with E-state index in [2.05, 4.69) is 0 Å². The van der Waals surface area contributed by atoms with E-state index in [4.69, 9.17) is 4.74 Å². The van der Waals surface area contributed by atoms with Crippen LogP contribution in [-0.4, -0.2) is 11.6 Å². The summed E-state index contributed by atoms with van der Waals surface area (Å²) < 4.78 is 5.26. The van der Waals surface area contributed by atoms with E-state index in [0.29, 0.717) is 5.92 Å². The van der Waals surface area contributed by atoms with Crippen LogP contribution < -0.4 is 0 Å². The van der Waals surface area contributed by atoms with Gasteiger partial charge in [-0.25, -0.2) is 0 Å². The number of carbonyl (C=O) groups excluding carboxylic acids is 1. The Morgan fingerprint density at radius 3 is 2.25 bits per heavy atom. The van der Waals surface area contributed by atoms with Crippen LogP contribution in [0.25, 0.3) is 0 Å². The molecule has 0 radical (unpaired) electrons. The summed E-state index contributed by atoms with van der Waals surface area (Å²) in [6.07, 6.45) is 2.39. The number of ether oxygens (including phenoxy) is 1. The fourth-order valence-electron chi connectivity index (χ4n) is 1.18. The predicted octanol–water partition coefficient (Wildman–Crippen LogP) is 2.37. The lowest BCUT2D eigenvalue weighted by atomic mass is 10.1. The quantitative estimate of drug-likeness (QED) is 0.595. The van der Waals surface area contributed by atoms with Gasteiger partial charge < -0.3 is 4.74 Å². The van der Waals surface area contributed by atoms with E-state index in [-0.39, 0.29) is 17.5 Å². The van der Waals surface area contributed by atoms with E-state index in [9.17, 15) is 4.79 Å². The molecule has 1 fully saturated rings. The van der Waals surface area contributed by atoms with Gasteiger partial charge in [-0.1, -0.05) is 6.92 Å². The first-order valence-corrected chi connectivity index (χ1v) is 4.63. The fraction of sp³-hybridized carbons (Fsp3) is 0.900. The van der Waals surface area contributed by atoms with Crippen molar-refractivity contribution in [3.63, 3.8) is 0 Å². The molecule has 0 spiro atoms. The lowest BCUT2D eigenvalue weighted by Crippen LogP contribution is -2.28. The first-order chi connectivity index (χ1) is 5.40. The topological polar surface area (TPSA) is 26.3 Å². The minimum absolute atomic E-state index is 0.0370. The Kier molecular flexibility index (Phi) is 2.45. The maximum atomic E-state index is 11.4. The van der Waals surface area contributed by atoms with Crippen LogP contribution in [0.1, 0.15) is 40.5 Å². The third-order valence-corrected chi connectivity index (χ3v) is 2.11. The average Bonchev–Trinajstić information content (AvgIpc) is 2.62. The summed E-state index contributed by atoms with van der Waals surface area (Å²) in [5.74, 6) is 0.661. The Bertz CT molecular complexity index is 175. The van der Waals surface area contributed by atoms with Gasteiger partial charge in [0.05, 0.1) is 5.92 Å². The lowest BCUT2D eigenvalue weighted by Gasteiger charge is -2.22. The summed E-state index contributed by atoms with van der Waals surface area (Å²) in [5.41, 5.74) is -0.333. The third kappa shape index (κ3) is 2.84. The van der Waals surface area contributed by atoms with Gasteiger partial charge in [-0.2, -0.15) is 0 Å². The molecule has 0 aliphatic heterocycles. The Morgan fingerprint density at radius 2 is 1.92 bits per heavy atom. The molecule has 0 aromatic heterocycles. The highest BCUT2D eigenvalue weighted by Crippen LogP contribution is 2.37. The molecule has 0 heterocycles. The van der Waals surface area contributed by atoms with Crippen LogP contribution in [0.5, 0.6) is 0 Å². The number of esters is 1. The van der Waals surface area contributed by atoms with E-state index in [0.717, 1.165) is 0 Å². The zero-order chi connectivity index (χ0) is 9.35. The molecule has 1 rings (SSSR count). The summed E-state index contributed by atoms with van der Waals surface area (Å²) in [7, 11) is 0. The smallest absolute Gasteiger partial charge is 0.309 e. The second-order valence-corrected chi connectivity index (χ2v) is 4.66. The minimum Gasteiger partial charge on any atom is -0.460 e. The molecule has 0 aromatic rings. The molecule has 1 aliphatic rings. The van der Waals surface area contributed by atoms with Crippen LogP contribution in [0.15, 0.2) is 0 Å². The minimum atomic E-state index is -0.333. The largest absolute Gasteiger partial charge is 0.460 e. The van der Waals surface area contributed by atoms with Crippen LogP contribution in [0.4, 0.5) is 0 Å². The van der Waals surface area contributed by atoms with Gasteiger partial charge in [0.25, 0.3) is 0 Å². The molecule has 2 nitrogen and oxygen atoms in total. The Morgan fingerprint density at radius 1 is 1.42 bits per heavy atom. The van der Waals surface area contributed by atoms with Crippen molar-refractivity contribution < 1.29 is 9.53 Å². The molecule has 0 bridgehead atoms. The van der Waals surface area contributed by atoms with Gasteiger partial charge in [0.1, 0.15) is 5.60 Å². The van der Waals surface area contributed by atoms with E-state index in [1.807, 2.05) is 27.7 Å². The maximum absolute atomic E-state index is 11.4. The second kappa shape index (κ2) is 3.08. The third-order valence-electron chi connectivity index (χ3n) is 2.11.